The second kappa shape index (κ2) is 14.8. The number of nitrogens with one attached hydrogen (secondary N) is 1. The zero-order valence-electron chi connectivity index (χ0n) is 39.0. The molecule has 4 aliphatic rings. The van der Waals surface area contributed by atoms with Gasteiger partial charge in [0.25, 0.3) is 5.91 Å². The molecule has 2 unspecified atom stereocenters. The smallest absolute Gasteiger partial charge is 0.376 e. The van der Waals surface area contributed by atoms with Crippen LogP contribution in [0.3, 0.4) is 0 Å². The van der Waals surface area contributed by atoms with Gasteiger partial charge in [-0.15, -0.1) is 0 Å². The molecule has 8 aromatic rings. The van der Waals surface area contributed by atoms with Gasteiger partial charge in [0.15, 0.2) is 11.6 Å². The molecule has 68 heavy (non-hydrogen) atoms. The third-order valence-corrected chi connectivity index (χ3v) is 15.7. The number of carbonyl (C=O) groups is 1. The molecule has 15 nitrogen and oxygen atoms in total. The third-order valence-electron chi connectivity index (χ3n) is 15.7. The van der Waals surface area contributed by atoms with Crippen LogP contribution in [-0.4, -0.2) is 72.5 Å². The molecule has 7 heterocycles. The number of ether oxygens (including phenoxy) is 1. The van der Waals surface area contributed by atoms with Gasteiger partial charge in [-0.05, 0) is 138 Å². The van der Waals surface area contributed by atoms with Crippen molar-refractivity contribution in [2.24, 2.45) is 13.0 Å². The van der Waals surface area contributed by atoms with Crippen LogP contribution < -0.4 is 11.4 Å². The Morgan fingerprint density at radius 2 is 1.66 bits per heavy atom. The number of aryl methyl sites for hydroxylation is 3. The number of hydrogen-bond acceptors (Lipinski definition) is 8. The summed E-state index contributed by atoms with van der Waals surface area (Å²) >= 11 is 0. The van der Waals surface area contributed by atoms with Crippen LogP contribution in [0.2, 0.25) is 0 Å². The van der Waals surface area contributed by atoms with Crippen molar-refractivity contribution in [3.8, 4) is 17.2 Å². The van der Waals surface area contributed by atoms with Crippen LogP contribution in [0.5, 0.6) is 0 Å². The van der Waals surface area contributed by atoms with Crippen molar-refractivity contribution < 1.29 is 22.8 Å². The lowest BCUT2D eigenvalue weighted by molar-refractivity contribution is -0.0592. The highest BCUT2D eigenvalue weighted by Gasteiger charge is 2.60. The first-order valence-electron chi connectivity index (χ1n) is 23.6. The van der Waals surface area contributed by atoms with Gasteiger partial charge in [-0.1, -0.05) is 24.6 Å². The van der Waals surface area contributed by atoms with E-state index in [1.807, 2.05) is 17.9 Å². The first-order valence-corrected chi connectivity index (χ1v) is 23.6. The molecule has 0 spiro atoms. The minimum atomic E-state index is -0.862. The van der Waals surface area contributed by atoms with Crippen molar-refractivity contribution >= 4 is 27.7 Å². The summed E-state index contributed by atoms with van der Waals surface area (Å²) in [5, 5.41) is 14.9. The number of rotatable bonds is 7. The summed E-state index contributed by atoms with van der Waals surface area (Å²) in [6.45, 7) is 12.3. The van der Waals surface area contributed by atoms with Crippen LogP contribution in [-0.2, 0) is 17.3 Å². The lowest BCUT2D eigenvalue weighted by atomic mass is 9.83. The maximum absolute atomic E-state index is 16.3. The predicted molar refractivity (Wildman–Crippen MR) is 249 cm³/mol. The maximum atomic E-state index is 16.3. The Kier molecular flexibility index (Phi) is 9.25. The highest BCUT2D eigenvalue weighted by atomic mass is 19.1. The molecule has 1 saturated heterocycles. The molecule has 1 amide bonds. The van der Waals surface area contributed by atoms with Gasteiger partial charge in [0.05, 0.1) is 45.8 Å². The molecular formula is C51H52F2N10O5. The van der Waals surface area contributed by atoms with Gasteiger partial charge < -0.3 is 14.2 Å². The van der Waals surface area contributed by atoms with Crippen molar-refractivity contribution in [3.05, 3.63) is 139 Å². The molecule has 1 N–H and O–H groups in total. The Balaban J connectivity index is 1.05. The number of benzene rings is 3. The molecule has 5 aromatic heterocycles. The average Bonchev–Trinajstić information content (AvgIpc) is 4.06. The van der Waals surface area contributed by atoms with E-state index in [4.69, 9.17) is 14.4 Å². The van der Waals surface area contributed by atoms with Gasteiger partial charge in [0, 0.05) is 54.5 Å². The SMILES string of the molecule is Cc1cc(-n2nc3c(c2-n2ccn(-c4ccc5c(cnn5C)c4F)c2=O)[C@H](C)N(C(=O)c2cc4cc([C@H]5CCOC(C)(C)C5)ccc4n2[C@@]2(c4noc(=O)[nH]4)C[C@@H]2C)C2CCCC32)cc(C)c1F. The summed E-state index contributed by atoms with van der Waals surface area (Å²) in [4.78, 5) is 48.3. The second-order valence-electron chi connectivity index (χ2n) is 20.3. The van der Waals surface area contributed by atoms with Crippen molar-refractivity contribution in [2.75, 3.05) is 6.61 Å². The highest BCUT2D eigenvalue weighted by Crippen LogP contribution is 2.57. The summed E-state index contributed by atoms with van der Waals surface area (Å²) in [5.74, 6) is -0.998. The van der Waals surface area contributed by atoms with Gasteiger partial charge in [-0.3, -0.25) is 28.1 Å². The van der Waals surface area contributed by atoms with Crippen LogP contribution in [0.15, 0.2) is 81.2 Å². The molecule has 350 valence electrons. The Hall–Kier alpha value is -6.88. The summed E-state index contributed by atoms with van der Waals surface area (Å²) in [5.41, 5.74) is 4.21. The molecule has 3 fully saturated rings. The van der Waals surface area contributed by atoms with Crippen molar-refractivity contribution in [1.29, 1.82) is 0 Å². The first-order chi connectivity index (χ1) is 32.6. The molecule has 3 aromatic carbocycles. The summed E-state index contributed by atoms with van der Waals surface area (Å²) in [6.07, 6.45) is 9.23. The fraction of sp³-hybridized carbons (Fsp3) is 0.412. The minimum Gasteiger partial charge on any atom is -0.376 e. The van der Waals surface area contributed by atoms with Crippen LogP contribution in [0, 0.1) is 31.4 Å². The zero-order chi connectivity index (χ0) is 47.3. The molecule has 2 aliphatic carbocycles. The van der Waals surface area contributed by atoms with E-state index in [2.05, 4.69) is 58.8 Å². The van der Waals surface area contributed by atoms with Crippen LogP contribution >= 0.6 is 0 Å². The Labute approximate surface area is 388 Å². The standard InChI is InChI=1S/C51H52F2N10O5/c1-26-19-33(20-27(2)42(26)52)63-45(60-17-16-59(49(60)66)39-14-13-37-35(43(39)53)25-54-58(37)7)41-29(4)61(38-10-8-9-34(38)44(41)56-63)46(64)40-22-32-21-30(31-15-18-67-50(5,6)24-31)11-12-36(32)62(40)51(23-28(51)3)47-55-48(65)68-57-47/h11-14,16-17,19-22,25,28-29,31,34,38H,8-10,15,18,23-24H2,1-7H3,(H,55,57,65)/t28-,29-,31-,34?,38?,51-/m0/s1. The maximum Gasteiger partial charge on any atom is 0.438 e. The van der Waals surface area contributed by atoms with Gasteiger partial charge in [-0.2, -0.15) is 10.2 Å². The van der Waals surface area contributed by atoms with E-state index < -0.39 is 28.8 Å². The number of hydrogen-bond donors (Lipinski definition) is 1. The van der Waals surface area contributed by atoms with Crippen molar-refractivity contribution in [2.45, 2.75) is 115 Å². The number of aromatic nitrogens is 9. The molecule has 6 atom stereocenters. The predicted octanol–water partition coefficient (Wildman–Crippen LogP) is 8.54. The first kappa shape index (κ1) is 42.5. The Morgan fingerprint density at radius 3 is 2.38 bits per heavy atom. The van der Waals surface area contributed by atoms with E-state index in [-0.39, 0.29) is 52.2 Å². The fourth-order valence-corrected chi connectivity index (χ4v) is 12.3. The Morgan fingerprint density at radius 1 is 0.912 bits per heavy atom. The normalized spacial score (nSPS) is 24.2. The highest BCUT2D eigenvalue weighted by molar-refractivity contribution is 6.00. The zero-order valence-corrected chi connectivity index (χ0v) is 39.0. The van der Waals surface area contributed by atoms with Crippen molar-refractivity contribution in [1.82, 2.24) is 48.3 Å². The van der Waals surface area contributed by atoms with E-state index in [0.717, 1.165) is 48.7 Å². The summed E-state index contributed by atoms with van der Waals surface area (Å²) in [7, 11) is 1.73. The molecule has 2 saturated carbocycles. The molecule has 0 radical (unpaired) electrons. The molecule has 2 aliphatic heterocycles. The number of halogens is 2. The number of nitrogens with zero attached hydrogens (tertiary/aromatic N) is 9. The van der Waals surface area contributed by atoms with Crippen molar-refractivity contribution in [3.63, 3.8) is 0 Å². The number of imidazole rings is 1. The Bertz CT molecular complexity index is 3510. The largest absolute Gasteiger partial charge is 0.438 e. The summed E-state index contributed by atoms with van der Waals surface area (Å²) in [6, 6.07) is 14.2. The van der Waals surface area contributed by atoms with E-state index in [1.54, 1.807) is 60.7 Å². The number of H-pyrrole nitrogens is 1. The number of amides is 1. The molecule has 0 bridgehead atoms. The lowest BCUT2D eigenvalue weighted by Crippen LogP contribution is -2.48. The number of fused-ring (bicyclic) bond motifs is 5. The monoisotopic (exact) mass is 922 g/mol. The van der Waals surface area contributed by atoms with Crippen LogP contribution in [0.4, 0.5) is 8.78 Å². The average molecular weight is 923 g/mol. The third kappa shape index (κ3) is 6.09. The van der Waals surface area contributed by atoms with Gasteiger partial charge in [-0.25, -0.2) is 23.1 Å². The van der Waals surface area contributed by atoms with Gasteiger partial charge in [0.1, 0.15) is 22.9 Å². The second-order valence-corrected chi connectivity index (χ2v) is 20.3. The number of carbonyl (C=O) groups excluding carboxylic acids is 1. The minimum absolute atomic E-state index is 0.00180. The van der Waals surface area contributed by atoms with E-state index >= 15 is 13.6 Å². The lowest BCUT2D eigenvalue weighted by Gasteiger charge is -2.42. The fourth-order valence-electron chi connectivity index (χ4n) is 12.3. The quantitative estimate of drug-likeness (QED) is 0.167. The molecule has 12 rings (SSSR count). The van der Waals surface area contributed by atoms with Crippen LogP contribution in [0.1, 0.15) is 128 Å². The summed E-state index contributed by atoms with van der Waals surface area (Å²) < 4.78 is 50.8. The van der Waals surface area contributed by atoms with E-state index in [9.17, 15) is 9.59 Å². The van der Waals surface area contributed by atoms with Crippen LogP contribution in [0.25, 0.3) is 39.0 Å². The van der Waals surface area contributed by atoms with E-state index in [1.165, 1.54) is 27.1 Å². The van der Waals surface area contributed by atoms with E-state index in [0.29, 0.717) is 58.3 Å². The molecule has 17 heteroatoms. The molecular weight excluding hydrogens is 871 g/mol. The number of aromatic amines is 1. The topological polar surface area (TPSA) is 156 Å². The van der Waals surface area contributed by atoms with Gasteiger partial charge in [0.2, 0.25) is 0 Å². The van der Waals surface area contributed by atoms with Gasteiger partial charge >= 0.3 is 11.4 Å².